The minimum atomic E-state index is 0.203. The molecule has 1 aliphatic rings. The highest BCUT2D eigenvalue weighted by Crippen LogP contribution is 2.27. The van der Waals surface area contributed by atoms with Gasteiger partial charge in [-0.2, -0.15) is 0 Å². The van der Waals surface area contributed by atoms with Crippen LogP contribution in [0.5, 0.6) is 0 Å². The molecular formula is C11H20ClNO. The number of hydrogen-bond donors (Lipinski definition) is 1. The van der Waals surface area contributed by atoms with Gasteiger partial charge in [0.15, 0.2) is 0 Å². The second-order valence-corrected chi connectivity index (χ2v) is 4.68. The first-order valence-corrected chi connectivity index (χ1v) is 6.11. The molecule has 82 valence electrons. The van der Waals surface area contributed by atoms with Crippen molar-refractivity contribution in [2.45, 2.75) is 51.5 Å². The van der Waals surface area contributed by atoms with E-state index in [0.717, 1.165) is 6.42 Å². The monoisotopic (exact) mass is 217 g/mol. The Morgan fingerprint density at radius 2 is 2.14 bits per heavy atom. The molecule has 14 heavy (non-hydrogen) atoms. The molecule has 0 heterocycles. The summed E-state index contributed by atoms with van der Waals surface area (Å²) in [6, 6.07) is 0.224. The Hall–Kier alpha value is -0.240. The minimum Gasteiger partial charge on any atom is -0.354 e. The Morgan fingerprint density at radius 1 is 1.50 bits per heavy atom. The van der Waals surface area contributed by atoms with Gasteiger partial charge in [-0.3, -0.25) is 4.79 Å². The second-order valence-electron chi connectivity index (χ2n) is 4.30. The smallest absolute Gasteiger partial charge is 0.220 e. The van der Waals surface area contributed by atoms with Crippen molar-refractivity contribution in [1.82, 2.24) is 5.32 Å². The lowest BCUT2D eigenvalue weighted by Gasteiger charge is -2.14. The molecule has 1 unspecified atom stereocenters. The largest absolute Gasteiger partial charge is 0.354 e. The summed E-state index contributed by atoms with van der Waals surface area (Å²) in [5, 5.41) is 2.98. The van der Waals surface area contributed by atoms with E-state index >= 15 is 0 Å². The molecule has 1 rings (SSSR count). The molecule has 3 heteroatoms. The summed E-state index contributed by atoms with van der Waals surface area (Å²) in [6.07, 6.45) is 6.64. The van der Waals surface area contributed by atoms with Crippen LogP contribution in [0.4, 0.5) is 0 Å². The molecule has 0 aliphatic heterocycles. The number of rotatable bonds is 5. The zero-order valence-corrected chi connectivity index (χ0v) is 9.65. The number of amides is 1. The Labute approximate surface area is 91.4 Å². The number of carbonyl (C=O) groups excluding carboxylic acids is 1. The summed E-state index contributed by atoms with van der Waals surface area (Å²) in [5.41, 5.74) is 0. The highest BCUT2D eigenvalue weighted by Gasteiger charge is 2.18. The first kappa shape index (κ1) is 11.8. The Bertz CT molecular complexity index is 178. The van der Waals surface area contributed by atoms with Crippen molar-refractivity contribution in [3.05, 3.63) is 0 Å². The third-order valence-electron chi connectivity index (χ3n) is 2.90. The van der Waals surface area contributed by atoms with E-state index in [-0.39, 0.29) is 11.9 Å². The predicted molar refractivity (Wildman–Crippen MR) is 59.5 cm³/mol. The van der Waals surface area contributed by atoms with E-state index in [0.29, 0.717) is 18.2 Å². The van der Waals surface area contributed by atoms with Crippen molar-refractivity contribution in [3.8, 4) is 0 Å². The molecule has 0 aromatic carbocycles. The number of carbonyl (C=O) groups is 1. The summed E-state index contributed by atoms with van der Waals surface area (Å²) in [5.74, 6) is 1.46. The predicted octanol–water partition coefficient (Wildman–Crippen LogP) is 2.70. The topological polar surface area (TPSA) is 29.1 Å². The first-order valence-electron chi connectivity index (χ1n) is 5.57. The van der Waals surface area contributed by atoms with Gasteiger partial charge < -0.3 is 5.32 Å². The summed E-state index contributed by atoms with van der Waals surface area (Å²) in [4.78, 5) is 11.5. The zero-order chi connectivity index (χ0) is 10.4. The van der Waals surface area contributed by atoms with Crippen LogP contribution in [0.1, 0.15) is 45.4 Å². The molecule has 0 aromatic heterocycles. The van der Waals surface area contributed by atoms with Crippen LogP contribution in [0.2, 0.25) is 0 Å². The summed E-state index contributed by atoms with van der Waals surface area (Å²) >= 11 is 5.60. The van der Waals surface area contributed by atoms with Crippen LogP contribution in [-0.4, -0.2) is 17.8 Å². The maximum Gasteiger partial charge on any atom is 0.220 e. The third-order valence-corrected chi connectivity index (χ3v) is 3.12. The maximum absolute atomic E-state index is 11.5. The zero-order valence-electron chi connectivity index (χ0n) is 8.89. The summed E-state index contributed by atoms with van der Waals surface area (Å²) < 4.78 is 0. The fraction of sp³-hybridized carbons (Fsp3) is 0.909. The lowest BCUT2D eigenvalue weighted by atomic mass is 10.0. The van der Waals surface area contributed by atoms with E-state index < -0.39 is 0 Å². The van der Waals surface area contributed by atoms with Gasteiger partial charge in [0.05, 0.1) is 0 Å². The number of alkyl halides is 1. The molecule has 0 saturated heterocycles. The van der Waals surface area contributed by atoms with Crippen molar-refractivity contribution >= 4 is 17.5 Å². The van der Waals surface area contributed by atoms with Crippen molar-refractivity contribution in [2.24, 2.45) is 5.92 Å². The Morgan fingerprint density at radius 3 is 2.71 bits per heavy atom. The van der Waals surface area contributed by atoms with Crippen LogP contribution in [0.25, 0.3) is 0 Å². The van der Waals surface area contributed by atoms with Gasteiger partial charge in [-0.25, -0.2) is 0 Å². The van der Waals surface area contributed by atoms with Gasteiger partial charge in [-0.15, -0.1) is 11.6 Å². The molecule has 1 N–H and O–H groups in total. The van der Waals surface area contributed by atoms with Gasteiger partial charge in [-0.1, -0.05) is 12.8 Å². The molecule has 0 spiro atoms. The van der Waals surface area contributed by atoms with Crippen LogP contribution >= 0.6 is 11.6 Å². The number of hydrogen-bond acceptors (Lipinski definition) is 1. The SMILES string of the molecule is CC(CCCl)NC(=O)CC1CCCC1. The van der Waals surface area contributed by atoms with Crippen LogP contribution in [0.3, 0.4) is 0 Å². The van der Waals surface area contributed by atoms with E-state index in [1.165, 1.54) is 25.7 Å². The molecule has 1 fully saturated rings. The van der Waals surface area contributed by atoms with Gasteiger partial charge >= 0.3 is 0 Å². The van der Waals surface area contributed by atoms with Crippen molar-refractivity contribution in [1.29, 1.82) is 0 Å². The second kappa shape index (κ2) is 6.28. The maximum atomic E-state index is 11.5. The molecule has 1 saturated carbocycles. The molecule has 2 nitrogen and oxygen atoms in total. The van der Waals surface area contributed by atoms with Crippen LogP contribution in [0.15, 0.2) is 0 Å². The molecule has 0 aromatic rings. The quantitative estimate of drug-likeness (QED) is 0.705. The van der Waals surface area contributed by atoms with Crippen LogP contribution in [-0.2, 0) is 4.79 Å². The molecule has 1 aliphatic carbocycles. The lowest BCUT2D eigenvalue weighted by molar-refractivity contribution is -0.122. The average Bonchev–Trinajstić information content (AvgIpc) is 2.56. The van der Waals surface area contributed by atoms with Gasteiger partial charge in [0.1, 0.15) is 0 Å². The molecule has 1 amide bonds. The van der Waals surface area contributed by atoms with E-state index in [1.54, 1.807) is 0 Å². The fourth-order valence-corrected chi connectivity index (χ4v) is 2.37. The van der Waals surface area contributed by atoms with Gasteiger partial charge in [-0.05, 0) is 32.1 Å². The van der Waals surface area contributed by atoms with Gasteiger partial charge in [0.2, 0.25) is 5.91 Å². The number of nitrogens with one attached hydrogen (secondary N) is 1. The highest BCUT2D eigenvalue weighted by atomic mass is 35.5. The van der Waals surface area contributed by atoms with Crippen LogP contribution < -0.4 is 5.32 Å². The van der Waals surface area contributed by atoms with E-state index in [9.17, 15) is 4.79 Å². The molecule has 1 atom stereocenters. The minimum absolute atomic E-state index is 0.203. The van der Waals surface area contributed by atoms with E-state index in [4.69, 9.17) is 11.6 Å². The van der Waals surface area contributed by atoms with Crippen molar-refractivity contribution in [2.75, 3.05) is 5.88 Å². The average molecular weight is 218 g/mol. The Balaban J connectivity index is 2.14. The van der Waals surface area contributed by atoms with Crippen molar-refractivity contribution < 1.29 is 4.79 Å². The van der Waals surface area contributed by atoms with E-state index in [1.807, 2.05) is 6.92 Å². The molecule has 0 radical (unpaired) electrons. The summed E-state index contributed by atoms with van der Waals surface area (Å²) in [7, 11) is 0. The molecule has 0 bridgehead atoms. The Kier molecular flexibility index (Phi) is 5.31. The number of halogens is 1. The fourth-order valence-electron chi connectivity index (χ4n) is 2.05. The van der Waals surface area contributed by atoms with Crippen molar-refractivity contribution in [3.63, 3.8) is 0 Å². The van der Waals surface area contributed by atoms with E-state index in [2.05, 4.69) is 5.32 Å². The van der Waals surface area contributed by atoms with Gasteiger partial charge in [0.25, 0.3) is 0 Å². The van der Waals surface area contributed by atoms with Crippen LogP contribution in [0, 0.1) is 5.92 Å². The van der Waals surface area contributed by atoms with Gasteiger partial charge in [0, 0.05) is 18.3 Å². The summed E-state index contributed by atoms with van der Waals surface area (Å²) in [6.45, 7) is 2.01. The third kappa shape index (κ3) is 4.32. The normalized spacial score (nSPS) is 19.6. The molecular weight excluding hydrogens is 198 g/mol. The highest BCUT2D eigenvalue weighted by molar-refractivity contribution is 6.17. The lowest BCUT2D eigenvalue weighted by Crippen LogP contribution is -2.33. The standard InChI is InChI=1S/C11H20ClNO/c1-9(6-7-12)13-11(14)8-10-4-2-3-5-10/h9-10H,2-8H2,1H3,(H,13,14). The first-order chi connectivity index (χ1) is 6.72.